The minimum Gasteiger partial charge on any atom is -0.390 e. The number of benzene rings is 1. The van der Waals surface area contributed by atoms with E-state index < -0.39 is 5.91 Å². The van der Waals surface area contributed by atoms with Gasteiger partial charge in [0.2, 0.25) is 5.95 Å². The molecule has 0 aliphatic rings. The minimum absolute atomic E-state index is 0.157. The van der Waals surface area contributed by atoms with Crippen LogP contribution in [-0.2, 0) is 20.7 Å². The van der Waals surface area contributed by atoms with Crippen LogP contribution in [-0.4, -0.2) is 30.1 Å². The van der Waals surface area contributed by atoms with Crippen LogP contribution in [0.4, 0.5) is 5.95 Å². The zero-order valence-electron chi connectivity index (χ0n) is 14.1. The lowest BCUT2D eigenvalue weighted by atomic mass is 10.2. The molecule has 0 saturated heterocycles. The lowest BCUT2D eigenvalue weighted by Gasteiger charge is -2.09. The molecule has 0 atom stereocenters. The predicted molar refractivity (Wildman–Crippen MR) is 91.9 cm³/mol. The van der Waals surface area contributed by atoms with Crippen LogP contribution in [0, 0.1) is 6.92 Å². The highest BCUT2D eigenvalue weighted by Crippen LogP contribution is 2.14. The first-order valence-corrected chi connectivity index (χ1v) is 7.58. The van der Waals surface area contributed by atoms with Crippen molar-refractivity contribution >= 4 is 22.9 Å². The Balaban J connectivity index is 1.82. The number of hydrogen-bond donors (Lipinski definition) is 3. The Bertz CT molecular complexity index is 1020. The van der Waals surface area contributed by atoms with Crippen molar-refractivity contribution in [3.63, 3.8) is 0 Å². The summed E-state index contributed by atoms with van der Waals surface area (Å²) in [5.41, 5.74) is 7.89. The van der Waals surface area contributed by atoms with Gasteiger partial charge in [-0.1, -0.05) is 0 Å². The number of nitrogens with zero attached hydrogens (tertiary/aromatic N) is 4. The molecule has 2 heterocycles. The zero-order valence-corrected chi connectivity index (χ0v) is 14.1. The van der Waals surface area contributed by atoms with Gasteiger partial charge in [0.25, 0.3) is 5.91 Å². The van der Waals surface area contributed by atoms with Crippen LogP contribution in [0.25, 0.3) is 11.0 Å². The largest absolute Gasteiger partial charge is 0.390 e. The molecule has 0 spiro atoms. The normalized spacial score (nSPS) is 10.9. The van der Waals surface area contributed by atoms with Crippen LogP contribution in [0.5, 0.6) is 0 Å². The Kier molecular flexibility index (Phi) is 4.24. The van der Waals surface area contributed by atoms with Crippen molar-refractivity contribution in [2.75, 3.05) is 5.43 Å². The number of hydrogen-bond acceptors (Lipinski definition) is 6. The molecule has 130 valence electrons. The molecular weight excluding hydrogens is 324 g/mol. The van der Waals surface area contributed by atoms with E-state index in [0.29, 0.717) is 22.5 Å². The molecular formula is C16H18N6O3. The smallest absolute Gasteiger partial charge is 0.328 e. The van der Waals surface area contributed by atoms with E-state index in [-0.39, 0.29) is 18.2 Å². The molecule has 9 heteroatoms. The van der Waals surface area contributed by atoms with Crippen molar-refractivity contribution in [2.24, 2.45) is 14.1 Å². The van der Waals surface area contributed by atoms with Crippen LogP contribution in [0.15, 0.2) is 29.1 Å². The molecule has 3 aromatic rings. The Morgan fingerprint density at radius 3 is 2.60 bits per heavy atom. The summed E-state index contributed by atoms with van der Waals surface area (Å²) in [6, 6.07) is 6.65. The molecule has 9 nitrogen and oxygen atoms in total. The van der Waals surface area contributed by atoms with E-state index in [2.05, 4.69) is 20.8 Å². The lowest BCUT2D eigenvalue weighted by Crippen LogP contribution is -2.30. The standard InChI is InChI=1S/C16H18N6O3/c1-9-6-11(8-23)18-15(17-9)20-19-14(24)10-4-5-12-13(7-10)22(3)16(25)21(12)2/h4-7,23H,8H2,1-3H3,(H,19,24)(H,17,18,20). The number of carbonyl (C=O) groups is 1. The first-order chi connectivity index (χ1) is 11.9. The van der Waals surface area contributed by atoms with E-state index in [1.54, 1.807) is 45.3 Å². The summed E-state index contributed by atoms with van der Waals surface area (Å²) in [7, 11) is 3.33. The van der Waals surface area contributed by atoms with E-state index in [4.69, 9.17) is 5.11 Å². The summed E-state index contributed by atoms with van der Waals surface area (Å²) in [5, 5.41) is 9.16. The summed E-state index contributed by atoms with van der Waals surface area (Å²) in [4.78, 5) is 32.5. The monoisotopic (exact) mass is 342 g/mol. The SMILES string of the molecule is Cc1cc(CO)nc(NNC(=O)c2ccc3c(c2)n(C)c(=O)n3C)n1. The fraction of sp³-hybridized carbons (Fsp3) is 0.250. The van der Waals surface area contributed by atoms with Gasteiger partial charge in [-0.2, -0.15) is 0 Å². The molecule has 2 aromatic heterocycles. The number of amides is 1. The lowest BCUT2D eigenvalue weighted by molar-refractivity contribution is 0.0962. The number of imidazole rings is 1. The molecule has 0 radical (unpaired) electrons. The highest BCUT2D eigenvalue weighted by atomic mass is 16.3. The van der Waals surface area contributed by atoms with Crippen LogP contribution < -0.4 is 16.5 Å². The zero-order chi connectivity index (χ0) is 18.1. The van der Waals surface area contributed by atoms with Crippen molar-refractivity contribution in [2.45, 2.75) is 13.5 Å². The van der Waals surface area contributed by atoms with E-state index >= 15 is 0 Å². The van der Waals surface area contributed by atoms with Gasteiger partial charge in [0, 0.05) is 25.4 Å². The van der Waals surface area contributed by atoms with Gasteiger partial charge in [0.15, 0.2) is 0 Å². The van der Waals surface area contributed by atoms with E-state index in [9.17, 15) is 9.59 Å². The first kappa shape index (κ1) is 16.7. The highest BCUT2D eigenvalue weighted by molar-refractivity contribution is 5.97. The minimum atomic E-state index is -0.395. The Morgan fingerprint density at radius 2 is 1.88 bits per heavy atom. The fourth-order valence-electron chi connectivity index (χ4n) is 2.60. The van der Waals surface area contributed by atoms with Crippen molar-refractivity contribution in [1.82, 2.24) is 24.5 Å². The molecule has 0 unspecified atom stereocenters. The summed E-state index contributed by atoms with van der Waals surface area (Å²) in [6.07, 6.45) is 0. The Morgan fingerprint density at radius 1 is 1.16 bits per heavy atom. The summed E-state index contributed by atoms with van der Waals surface area (Å²) in [5.74, 6) is -0.209. The van der Waals surface area contributed by atoms with Gasteiger partial charge in [-0.05, 0) is 31.2 Å². The van der Waals surface area contributed by atoms with Crippen LogP contribution in [0.2, 0.25) is 0 Å². The molecule has 25 heavy (non-hydrogen) atoms. The van der Waals surface area contributed by atoms with Crippen molar-refractivity contribution in [3.8, 4) is 0 Å². The Labute approximate surface area is 142 Å². The second kappa shape index (κ2) is 6.36. The molecule has 3 N–H and O–H groups in total. The second-order valence-corrected chi connectivity index (χ2v) is 5.67. The van der Waals surface area contributed by atoms with Gasteiger partial charge < -0.3 is 5.11 Å². The fourth-order valence-corrected chi connectivity index (χ4v) is 2.60. The number of aliphatic hydroxyl groups excluding tert-OH is 1. The van der Waals surface area contributed by atoms with Gasteiger partial charge in [0.1, 0.15) is 0 Å². The average molecular weight is 342 g/mol. The van der Waals surface area contributed by atoms with Crippen LogP contribution >= 0.6 is 0 Å². The number of carbonyl (C=O) groups excluding carboxylic acids is 1. The highest BCUT2D eigenvalue weighted by Gasteiger charge is 2.12. The van der Waals surface area contributed by atoms with Gasteiger partial charge in [-0.15, -0.1) is 0 Å². The third kappa shape index (κ3) is 3.09. The Hall–Kier alpha value is -3.20. The van der Waals surface area contributed by atoms with Crippen LogP contribution in [0.3, 0.4) is 0 Å². The number of aryl methyl sites for hydroxylation is 3. The third-order valence-electron chi connectivity index (χ3n) is 3.89. The van der Waals surface area contributed by atoms with Gasteiger partial charge in [-0.25, -0.2) is 14.8 Å². The number of hydrazine groups is 1. The number of fused-ring (bicyclic) bond motifs is 1. The molecule has 1 amide bonds. The quantitative estimate of drug-likeness (QED) is 0.585. The van der Waals surface area contributed by atoms with Crippen LogP contribution in [0.1, 0.15) is 21.7 Å². The molecule has 0 fully saturated rings. The molecule has 0 bridgehead atoms. The summed E-state index contributed by atoms with van der Waals surface area (Å²) in [6.45, 7) is 1.54. The van der Waals surface area contributed by atoms with Gasteiger partial charge in [-0.3, -0.25) is 24.8 Å². The maximum absolute atomic E-state index is 12.3. The van der Waals surface area contributed by atoms with E-state index in [1.807, 2.05) is 0 Å². The van der Waals surface area contributed by atoms with Crippen molar-refractivity contribution in [1.29, 1.82) is 0 Å². The van der Waals surface area contributed by atoms with Gasteiger partial charge >= 0.3 is 5.69 Å². The third-order valence-corrected chi connectivity index (χ3v) is 3.89. The topological polar surface area (TPSA) is 114 Å². The molecule has 3 rings (SSSR count). The predicted octanol–water partition coefficient (Wildman–Crippen LogP) is 0.225. The number of rotatable bonds is 4. The number of aliphatic hydroxyl groups is 1. The summed E-state index contributed by atoms with van der Waals surface area (Å²) < 4.78 is 3.00. The maximum atomic E-state index is 12.3. The molecule has 0 saturated carbocycles. The second-order valence-electron chi connectivity index (χ2n) is 5.67. The van der Waals surface area contributed by atoms with Gasteiger partial charge in [0.05, 0.1) is 23.3 Å². The number of aromatic nitrogens is 4. The first-order valence-electron chi connectivity index (χ1n) is 7.58. The van der Waals surface area contributed by atoms with E-state index in [0.717, 1.165) is 5.52 Å². The summed E-state index contributed by atoms with van der Waals surface area (Å²) >= 11 is 0. The van der Waals surface area contributed by atoms with Crippen molar-refractivity contribution in [3.05, 3.63) is 51.7 Å². The maximum Gasteiger partial charge on any atom is 0.328 e. The van der Waals surface area contributed by atoms with Crippen molar-refractivity contribution < 1.29 is 9.90 Å². The van der Waals surface area contributed by atoms with E-state index in [1.165, 1.54) is 9.13 Å². The number of nitrogens with one attached hydrogen (secondary N) is 2. The molecule has 1 aromatic carbocycles. The number of anilines is 1. The molecule has 0 aliphatic carbocycles. The molecule has 0 aliphatic heterocycles. The average Bonchev–Trinajstić information content (AvgIpc) is 2.83.